The summed E-state index contributed by atoms with van der Waals surface area (Å²) in [5.74, 6) is 0.189. The number of benzene rings is 1. The van der Waals surface area contributed by atoms with Gasteiger partial charge in [0.2, 0.25) is 0 Å². The fourth-order valence-corrected chi connectivity index (χ4v) is 2.11. The Balaban J connectivity index is 2.34. The van der Waals surface area contributed by atoms with Gasteiger partial charge in [0.05, 0.1) is 17.2 Å². The Bertz CT molecular complexity index is 415. The molecule has 0 aliphatic rings. The summed E-state index contributed by atoms with van der Waals surface area (Å²) in [5, 5.41) is 13.0. The van der Waals surface area contributed by atoms with Crippen molar-refractivity contribution in [3.05, 3.63) is 34.1 Å². The Kier molecular flexibility index (Phi) is 7.66. The van der Waals surface area contributed by atoms with E-state index in [1.807, 2.05) is 6.92 Å². The van der Waals surface area contributed by atoms with Crippen molar-refractivity contribution in [1.82, 2.24) is 5.32 Å². The van der Waals surface area contributed by atoms with Crippen LogP contribution in [0.4, 0.5) is 4.39 Å². The topological polar surface area (TPSA) is 41.5 Å². The van der Waals surface area contributed by atoms with E-state index in [0.717, 1.165) is 5.56 Å². The molecule has 0 fully saturated rings. The average Bonchev–Trinajstić information content (AvgIpc) is 2.38. The summed E-state index contributed by atoms with van der Waals surface area (Å²) < 4.78 is 19.0. The van der Waals surface area contributed by atoms with Gasteiger partial charge >= 0.3 is 0 Å². The summed E-state index contributed by atoms with van der Waals surface area (Å²) in [6.45, 7) is 7.52. The lowest BCUT2D eigenvalue weighted by molar-refractivity contribution is 0.0252. The van der Waals surface area contributed by atoms with Crippen molar-refractivity contribution < 1.29 is 14.2 Å². The molecule has 20 heavy (non-hydrogen) atoms. The Labute approximate surface area is 128 Å². The van der Waals surface area contributed by atoms with Crippen LogP contribution in [-0.4, -0.2) is 31.0 Å². The molecule has 0 aliphatic carbocycles. The standard InChI is InChI=1S/C15H23BrFNO2/c1-10(2)8-20-9-13(19)7-18-11(3)12-4-5-15(17)14(16)6-12/h4-6,10-11,13,18-19H,7-9H2,1-3H3. The number of aliphatic hydroxyl groups is 1. The van der Waals surface area contributed by atoms with E-state index in [1.165, 1.54) is 6.07 Å². The number of hydrogen-bond donors (Lipinski definition) is 2. The van der Waals surface area contributed by atoms with Crippen LogP contribution < -0.4 is 5.32 Å². The zero-order valence-electron chi connectivity index (χ0n) is 12.2. The van der Waals surface area contributed by atoms with Gasteiger partial charge in [-0.1, -0.05) is 19.9 Å². The molecule has 0 aliphatic heterocycles. The molecule has 0 spiro atoms. The second kappa shape index (κ2) is 8.72. The minimum Gasteiger partial charge on any atom is -0.389 e. The highest BCUT2D eigenvalue weighted by molar-refractivity contribution is 9.10. The SMILES string of the molecule is CC(C)COCC(O)CNC(C)c1ccc(F)c(Br)c1. The predicted octanol–water partition coefficient (Wildman–Crippen LogP) is 3.27. The molecule has 1 aromatic rings. The maximum Gasteiger partial charge on any atom is 0.137 e. The molecule has 0 aromatic heterocycles. The van der Waals surface area contributed by atoms with Crippen molar-refractivity contribution in [3.8, 4) is 0 Å². The molecule has 2 atom stereocenters. The van der Waals surface area contributed by atoms with Crippen LogP contribution in [0, 0.1) is 11.7 Å². The normalized spacial score (nSPS) is 14.6. The van der Waals surface area contributed by atoms with Crippen LogP contribution in [0.25, 0.3) is 0 Å². The molecule has 0 bridgehead atoms. The largest absolute Gasteiger partial charge is 0.389 e. The molecule has 3 nitrogen and oxygen atoms in total. The van der Waals surface area contributed by atoms with Gasteiger partial charge in [0, 0.05) is 19.2 Å². The molecule has 0 amide bonds. The highest BCUT2D eigenvalue weighted by atomic mass is 79.9. The Morgan fingerprint density at radius 2 is 2.00 bits per heavy atom. The maximum absolute atomic E-state index is 13.2. The Morgan fingerprint density at radius 3 is 2.60 bits per heavy atom. The van der Waals surface area contributed by atoms with Crippen molar-refractivity contribution in [2.45, 2.75) is 32.9 Å². The molecule has 0 saturated heterocycles. The fraction of sp³-hybridized carbons (Fsp3) is 0.600. The third-order valence-electron chi connectivity index (χ3n) is 2.86. The third-order valence-corrected chi connectivity index (χ3v) is 3.47. The summed E-state index contributed by atoms with van der Waals surface area (Å²) in [6, 6.07) is 4.94. The Morgan fingerprint density at radius 1 is 1.30 bits per heavy atom. The molecule has 2 N–H and O–H groups in total. The van der Waals surface area contributed by atoms with Crippen molar-refractivity contribution in [2.75, 3.05) is 19.8 Å². The van der Waals surface area contributed by atoms with Gasteiger partial charge in [-0.15, -0.1) is 0 Å². The van der Waals surface area contributed by atoms with Crippen molar-refractivity contribution >= 4 is 15.9 Å². The van der Waals surface area contributed by atoms with Gasteiger partial charge in [-0.05, 0) is 46.5 Å². The van der Waals surface area contributed by atoms with Crippen LogP contribution in [0.3, 0.4) is 0 Å². The average molecular weight is 348 g/mol. The van der Waals surface area contributed by atoms with Gasteiger partial charge in [-0.25, -0.2) is 4.39 Å². The monoisotopic (exact) mass is 347 g/mol. The van der Waals surface area contributed by atoms with Crippen molar-refractivity contribution in [3.63, 3.8) is 0 Å². The highest BCUT2D eigenvalue weighted by Gasteiger charge is 2.10. The van der Waals surface area contributed by atoms with Crippen molar-refractivity contribution in [2.24, 2.45) is 5.92 Å². The summed E-state index contributed by atoms with van der Waals surface area (Å²) in [5.41, 5.74) is 0.966. The Hall–Kier alpha value is -0.490. The number of aliphatic hydroxyl groups excluding tert-OH is 1. The molecule has 1 aromatic carbocycles. The van der Waals surface area contributed by atoms with E-state index in [0.29, 0.717) is 30.1 Å². The zero-order chi connectivity index (χ0) is 15.1. The molecule has 0 heterocycles. The van der Waals surface area contributed by atoms with Gasteiger partial charge in [0.15, 0.2) is 0 Å². The maximum atomic E-state index is 13.2. The number of rotatable bonds is 8. The molecular weight excluding hydrogens is 325 g/mol. The quantitative estimate of drug-likeness (QED) is 0.758. The van der Waals surface area contributed by atoms with Gasteiger partial charge in [-0.2, -0.15) is 0 Å². The second-order valence-electron chi connectivity index (χ2n) is 5.39. The van der Waals surface area contributed by atoms with Crippen LogP contribution in [-0.2, 0) is 4.74 Å². The first-order valence-corrected chi connectivity index (χ1v) is 7.63. The first kappa shape index (κ1) is 17.6. The first-order chi connectivity index (χ1) is 9.40. The van der Waals surface area contributed by atoms with E-state index in [9.17, 15) is 9.50 Å². The highest BCUT2D eigenvalue weighted by Crippen LogP contribution is 2.21. The number of hydrogen-bond acceptors (Lipinski definition) is 3. The molecular formula is C15H23BrFNO2. The lowest BCUT2D eigenvalue weighted by Crippen LogP contribution is -2.32. The number of nitrogens with one attached hydrogen (secondary N) is 1. The first-order valence-electron chi connectivity index (χ1n) is 6.84. The second-order valence-corrected chi connectivity index (χ2v) is 6.24. The smallest absolute Gasteiger partial charge is 0.137 e. The predicted molar refractivity (Wildman–Crippen MR) is 82.2 cm³/mol. The minimum atomic E-state index is -0.542. The number of ether oxygens (including phenoxy) is 1. The fourth-order valence-electron chi connectivity index (χ4n) is 1.71. The number of halogens is 2. The molecule has 0 saturated carbocycles. The van der Waals surface area contributed by atoms with Crippen LogP contribution in [0.15, 0.2) is 22.7 Å². The molecule has 1 rings (SSSR count). The van der Waals surface area contributed by atoms with Crippen LogP contribution >= 0.6 is 15.9 Å². The summed E-state index contributed by atoms with van der Waals surface area (Å²) in [7, 11) is 0. The van der Waals surface area contributed by atoms with E-state index in [-0.39, 0.29) is 11.9 Å². The lowest BCUT2D eigenvalue weighted by Gasteiger charge is -2.18. The molecule has 2 unspecified atom stereocenters. The van der Waals surface area contributed by atoms with Gasteiger partial charge < -0.3 is 15.2 Å². The minimum absolute atomic E-state index is 0.0339. The summed E-state index contributed by atoms with van der Waals surface area (Å²) in [6.07, 6.45) is -0.542. The van der Waals surface area contributed by atoms with Gasteiger partial charge in [-0.3, -0.25) is 0 Å². The lowest BCUT2D eigenvalue weighted by atomic mass is 10.1. The van der Waals surface area contributed by atoms with E-state index < -0.39 is 6.10 Å². The van der Waals surface area contributed by atoms with E-state index >= 15 is 0 Å². The summed E-state index contributed by atoms with van der Waals surface area (Å²) in [4.78, 5) is 0. The van der Waals surface area contributed by atoms with Crippen LogP contribution in [0.1, 0.15) is 32.4 Å². The third kappa shape index (κ3) is 6.31. The summed E-state index contributed by atoms with van der Waals surface area (Å²) >= 11 is 3.17. The van der Waals surface area contributed by atoms with E-state index in [4.69, 9.17) is 4.74 Å². The van der Waals surface area contributed by atoms with Crippen LogP contribution in [0.2, 0.25) is 0 Å². The van der Waals surface area contributed by atoms with Gasteiger partial charge in [0.1, 0.15) is 5.82 Å². The molecule has 0 radical (unpaired) electrons. The van der Waals surface area contributed by atoms with Crippen LogP contribution in [0.5, 0.6) is 0 Å². The molecule has 5 heteroatoms. The van der Waals surface area contributed by atoms with E-state index in [2.05, 4.69) is 35.1 Å². The van der Waals surface area contributed by atoms with E-state index in [1.54, 1.807) is 12.1 Å². The van der Waals surface area contributed by atoms with Gasteiger partial charge in [0.25, 0.3) is 0 Å². The zero-order valence-corrected chi connectivity index (χ0v) is 13.8. The molecule has 114 valence electrons. The van der Waals surface area contributed by atoms with Crippen molar-refractivity contribution in [1.29, 1.82) is 0 Å².